The number of methoxy groups -OCH3 is 1. The summed E-state index contributed by atoms with van der Waals surface area (Å²) in [4.78, 5) is 4.36. The molecule has 0 aliphatic rings. The predicted molar refractivity (Wildman–Crippen MR) is 61.0 cm³/mol. The van der Waals surface area contributed by atoms with Crippen LogP contribution >= 0.6 is 0 Å². The molecule has 1 heterocycles. The van der Waals surface area contributed by atoms with E-state index in [0.717, 1.165) is 12.8 Å². The molecular weight excluding hydrogens is 206 g/mol. The fourth-order valence-corrected chi connectivity index (χ4v) is 1.32. The van der Waals surface area contributed by atoms with Crippen molar-refractivity contribution in [1.82, 2.24) is 10.1 Å². The Balaban J connectivity index is 2.71. The van der Waals surface area contributed by atoms with Crippen molar-refractivity contribution in [3.63, 3.8) is 0 Å². The Morgan fingerprint density at radius 2 is 2.19 bits per heavy atom. The fraction of sp³-hybridized carbons (Fsp3) is 0.818. The summed E-state index contributed by atoms with van der Waals surface area (Å²) in [6, 6.07) is 0. The van der Waals surface area contributed by atoms with Crippen LogP contribution in [0.15, 0.2) is 4.52 Å². The molecule has 0 amide bonds. The monoisotopic (exact) mass is 227 g/mol. The number of nitrogens with two attached hydrogens (primary N) is 1. The van der Waals surface area contributed by atoms with Gasteiger partial charge in [-0.3, -0.25) is 0 Å². The summed E-state index contributed by atoms with van der Waals surface area (Å²) >= 11 is 0. The average molecular weight is 227 g/mol. The van der Waals surface area contributed by atoms with E-state index in [1.165, 1.54) is 0 Å². The molecular formula is C11H21N3O2. The number of ether oxygens (including phenoxy) is 1. The Morgan fingerprint density at radius 3 is 2.75 bits per heavy atom. The van der Waals surface area contributed by atoms with Gasteiger partial charge in [-0.05, 0) is 33.2 Å². The fourth-order valence-electron chi connectivity index (χ4n) is 1.32. The largest absolute Gasteiger partial charge is 0.371 e. The maximum atomic E-state index is 5.46. The van der Waals surface area contributed by atoms with Gasteiger partial charge in [0.25, 0.3) is 0 Å². The van der Waals surface area contributed by atoms with Crippen LogP contribution in [-0.2, 0) is 10.3 Å². The zero-order valence-electron chi connectivity index (χ0n) is 10.5. The quantitative estimate of drug-likeness (QED) is 0.802. The van der Waals surface area contributed by atoms with Gasteiger partial charge in [-0.1, -0.05) is 12.1 Å². The Bertz CT molecular complexity index is 323. The highest BCUT2D eigenvalue weighted by atomic mass is 16.5. The summed E-state index contributed by atoms with van der Waals surface area (Å²) in [6.45, 7) is 6.57. The van der Waals surface area contributed by atoms with E-state index in [4.69, 9.17) is 15.0 Å². The minimum absolute atomic E-state index is 0.248. The molecule has 0 bridgehead atoms. The van der Waals surface area contributed by atoms with Gasteiger partial charge in [0.05, 0.1) is 0 Å². The lowest BCUT2D eigenvalue weighted by molar-refractivity contribution is 0.00973. The molecule has 0 saturated heterocycles. The van der Waals surface area contributed by atoms with Gasteiger partial charge in [0.15, 0.2) is 0 Å². The highest BCUT2D eigenvalue weighted by molar-refractivity contribution is 4.99. The molecule has 0 fully saturated rings. The number of rotatable bonds is 6. The van der Waals surface area contributed by atoms with E-state index in [-0.39, 0.29) is 5.92 Å². The second-order valence-electron chi connectivity index (χ2n) is 4.50. The average Bonchev–Trinajstić information content (AvgIpc) is 2.75. The number of hydrogen-bond donors (Lipinski definition) is 1. The molecule has 1 rings (SSSR count). The van der Waals surface area contributed by atoms with E-state index in [9.17, 15) is 0 Å². The van der Waals surface area contributed by atoms with Gasteiger partial charge in [-0.2, -0.15) is 4.98 Å². The van der Waals surface area contributed by atoms with E-state index in [0.29, 0.717) is 18.3 Å². The van der Waals surface area contributed by atoms with E-state index in [1.807, 2.05) is 13.8 Å². The Labute approximate surface area is 96.4 Å². The van der Waals surface area contributed by atoms with Crippen LogP contribution in [0.1, 0.15) is 51.2 Å². The molecule has 0 radical (unpaired) electrons. The van der Waals surface area contributed by atoms with Crippen LogP contribution in [0.4, 0.5) is 0 Å². The number of aromatic nitrogens is 2. The topological polar surface area (TPSA) is 74.2 Å². The van der Waals surface area contributed by atoms with Gasteiger partial charge in [0.2, 0.25) is 11.7 Å². The zero-order valence-corrected chi connectivity index (χ0v) is 10.5. The molecule has 0 aliphatic carbocycles. The molecule has 1 unspecified atom stereocenters. The standard InChI is InChI=1S/C11H21N3O2/c1-8(6-5-7-12)9-13-10(14-16-9)11(2,3)15-4/h8H,5-7,12H2,1-4H3. The van der Waals surface area contributed by atoms with Gasteiger partial charge in [-0.25, -0.2) is 0 Å². The second-order valence-corrected chi connectivity index (χ2v) is 4.50. The minimum Gasteiger partial charge on any atom is -0.371 e. The van der Waals surface area contributed by atoms with Crippen molar-refractivity contribution in [2.75, 3.05) is 13.7 Å². The van der Waals surface area contributed by atoms with Crippen molar-refractivity contribution in [3.05, 3.63) is 11.7 Å². The van der Waals surface area contributed by atoms with Gasteiger partial charge < -0.3 is 15.0 Å². The molecule has 1 aromatic rings. The molecule has 92 valence electrons. The molecule has 0 aromatic carbocycles. The first kappa shape index (κ1) is 13.1. The lowest BCUT2D eigenvalue weighted by Crippen LogP contribution is -2.21. The Hall–Kier alpha value is -0.940. The van der Waals surface area contributed by atoms with Crippen molar-refractivity contribution in [1.29, 1.82) is 0 Å². The van der Waals surface area contributed by atoms with Crippen LogP contribution in [-0.4, -0.2) is 23.8 Å². The zero-order chi connectivity index (χ0) is 12.2. The van der Waals surface area contributed by atoms with Crippen LogP contribution < -0.4 is 5.73 Å². The third-order valence-electron chi connectivity index (χ3n) is 2.75. The first-order valence-electron chi connectivity index (χ1n) is 5.60. The van der Waals surface area contributed by atoms with Crippen molar-refractivity contribution < 1.29 is 9.26 Å². The maximum absolute atomic E-state index is 5.46. The first-order chi connectivity index (χ1) is 7.51. The highest BCUT2D eigenvalue weighted by Gasteiger charge is 2.27. The molecule has 1 aromatic heterocycles. The Kier molecular flexibility index (Phi) is 4.44. The molecule has 0 aliphatic heterocycles. The first-order valence-corrected chi connectivity index (χ1v) is 5.60. The van der Waals surface area contributed by atoms with Gasteiger partial charge in [0.1, 0.15) is 5.60 Å². The lowest BCUT2D eigenvalue weighted by atomic mass is 10.1. The van der Waals surface area contributed by atoms with Crippen LogP contribution in [0.2, 0.25) is 0 Å². The third kappa shape index (κ3) is 3.02. The molecule has 16 heavy (non-hydrogen) atoms. The van der Waals surface area contributed by atoms with E-state index in [2.05, 4.69) is 17.1 Å². The number of hydrogen-bond acceptors (Lipinski definition) is 5. The smallest absolute Gasteiger partial charge is 0.229 e. The van der Waals surface area contributed by atoms with E-state index < -0.39 is 5.60 Å². The number of nitrogens with zero attached hydrogens (tertiary/aromatic N) is 2. The lowest BCUT2D eigenvalue weighted by Gasteiger charge is -2.17. The highest BCUT2D eigenvalue weighted by Crippen LogP contribution is 2.24. The van der Waals surface area contributed by atoms with Crippen molar-refractivity contribution in [2.24, 2.45) is 5.73 Å². The maximum Gasteiger partial charge on any atom is 0.229 e. The molecule has 1 atom stereocenters. The molecule has 5 heteroatoms. The predicted octanol–water partition coefficient (Wildman–Crippen LogP) is 1.79. The molecule has 0 saturated carbocycles. The van der Waals surface area contributed by atoms with Gasteiger partial charge in [0, 0.05) is 13.0 Å². The van der Waals surface area contributed by atoms with E-state index >= 15 is 0 Å². The third-order valence-corrected chi connectivity index (χ3v) is 2.75. The summed E-state index contributed by atoms with van der Waals surface area (Å²) in [6.07, 6.45) is 1.93. The van der Waals surface area contributed by atoms with Crippen molar-refractivity contribution >= 4 is 0 Å². The summed E-state index contributed by atoms with van der Waals surface area (Å²) in [5.41, 5.74) is 4.96. The SMILES string of the molecule is COC(C)(C)c1noc(C(C)CCCN)n1. The van der Waals surface area contributed by atoms with Gasteiger partial charge >= 0.3 is 0 Å². The normalized spacial score (nSPS) is 14.1. The summed E-state index contributed by atoms with van der Waals surface area (Å²) in [5.74, 6) is 1.50. The minimum atomic E-state index is -0.505. The van der Waals surface area contributed by atoms with Crippen LogP contribution in [0.3, 0.4) is 0 Å². The summed E-state index contributed by atoms with van der Waals surface area (Å²) in [5, 5.41) is 3.95. The molecule has 0 spiro atoms. The van der Waals surface area contributed by atoms with Crippen LogP contribution in [0.5, 0.6) is 0 Å². The van der Waals surface area contributed by atoms with Gasteiger partial charge in [-0.15, -0.1) is 0 Å². The van der Waals surface area contributed by atoms with Crippen LogP contribution in [0, 0.1) is 0 Å². The molecule has 5 nitrogen and oxygen atoms in total. The second kappa shape index (κ2) is 5.41. The van der Waals surface area contributed by atoms with Crippen molar-refractivity contribution in [2.45, 2.75) is 45.1 Å². The molecule has 2 N–H and O–H groups in total. The van der Waals surface area contributed by atoms with Crippen molar-refractivity contribution in [3.8, 4) is 0 Å². The summed E-state index contributed by atoms with van der Waals surface area (Å²) < 4.78 is 10.5. The Morgan fingerprint density at radius 1 is 1.50 bits per heavy atom. The van der Waals surface area contributed by atoms with E-state index in [1.54, 1.807) is 7.11 Å². The summed E-state index contributed by atoms with van der Waals surface area (Å²) in [7, 11) is 1.63. The van der Waals surface area contributed by atoms with Crippen LogP contribution in [0.25, 0.3) is 0 Å².